The summed E-state index contributed by atoms with van der Waals surface area (Å²) >= 11 is 0. The fraction of sp³-hybridized carbons (Fsp3) is 0.900. The van der Waals surface area contributed by atoms with Crippen LogP contribution < -0.4 is 0 Å². The van der Waals surface area contributed by atoms with Crippen LogP contribution in [0.25, 0.3) is 0 Å². The summed E-state index contributed by atoms with van der Waals surface area (Å²) in [5.74, 6) is 0.336. The van der Waals surface area contributed by atoms with Crippen LogP contribution in [-0.4, -0.2) is 46.7 Å². The molecule has 2 N–H and O–H groups in total. The summed E-state index contributed by atoms with van der Waals surface area (Å²) in [5, 5.41) is 21.2. The van der Waals surface area contributed by atoms with Gasteiger partial charge in [0.15, 0.2) is 0 Å². The van der Waals surface area contributed by atoms with Gasteiger partial charge in [-0.3, -0.25) is 0 Å². The molecule has 1 aliphatic heterocycles. The second-order valence-corrected chi connectivity index (χ2v) is 4.18. The number of aliphatic hydroxyl groups excluding tert-OH is 1. The van der Waals surface area contributed by atoms with Crippen LogP contribution in [0.2, 0.25) is 0 Å². The van der Waals surface area contributed by atoms with E-state index in [2.05, 4.69) is 17.0 Å². The Morgan fingerprint density at radius 3 is 2.86 bits per heavy atom. The predicted molar refractivity (Wildman–Crippen MR) is 55.7 cm³/mol. The van der Waals surface area contributed by atoms with E-state index in [-0.39, 0.29) is 6.10 Å². The molecule has 0 aliphatic carbocycles. The first-order chi connectivity index (χ1) is 6.63. The fourth-order valence-corrected chi connectivity index (χ4v) is 1.82. The minimum Gasteiger partial charge on any atom is -0.411 e. The Hall–Kier alpha value is -0.610. The highest BCUT2D eigenvalue weighted by atomic mass is 16.4. The van der Waals surface area contributed by atoms with Crippen LogP contribution in [0.5, 0.6) is 0 Å². The van der Waals surface area contributed by atoms with Gasteiger partial charge in [-0.25, -0.2) is 0 Å². The number of aliphatic hydroxyl groups is 1. The lowest BCUT2D eigenvalue weighted by molar-refractivity contribution is 0.149. The van der Waals surface area contributed by atoms with Gasteiger partial charge in [-0.05, 0) is 13.3 Å². The molecule has 0 aromatic heterocycles. The van der Waals surface area contributed by atoms with Crippen LogP contribution in [-0.2, 0) is 0 Å². The van der Waals surface area contributed by atoms with E-state index >= 15 is 0 Å². The van der Waals surface area contributed by atoms with Crippen LogP contribution in [0.1, 0.15) is 26.7 Å². The summed E-state index contributed by atoms with van der Waals surface area (Å²) in [6.07, 6.45) is 1.44. The Bertz CT molecular complexity index is 204. The van der Waals surface area contributed by atoms with Gasteiger partial charge in [0.05, 0.1) is 11.8 Å². The molecule has 1 rings (SSSR count). The van der Waals surface area contributed by atoms with Crippen molar-refractivity contribution in [2.45, 2.75) is 32.8 Å². The first-order valence-corrected chi connectivity index (χ1v) is 5.24. The molecule has 1 aliphatic rings. The largest absolute Gasteiger partial charge is 0.411 e. The number of nitrogens with zero attached hydrogens (tertiary/aromatic N) is 2. The maximum atomic E-state index is 9.16. The van der Waals surface area contributed by atoms with Gasteiger partial charge < -0.3 is 15.2 Å². The smallest absolute Gasteiger partial charge is 0.0624 e. The van der Waals surface area contributed by atoms with E-state index in [9.17, 15) is 0 Å². The zero-order valence-electron chi connectivity index (χ0n) is 8.98. The Kier molecular flexibility index (Phi) is 4.35. The third-order valence-electron chi connectivity index (χ3n) is 2.78. The minimum absolute atomic E-state index is 0.224. The molecule has 4 heteroatoms. The van der Waals surface area contributed by atoms with Gasteiger partial charge in [-0.15, -0.1) is 0 Å². The van der Waals surface area contributed by atoms with Crippen molar-refractivity contribution < 1.29 is 10.3 Å². The molecule has 0 aromatic carbocycles. The quantitative estimate of drug-likeness (QED) is 0.526. The van der Waals surface area contributed by atoms with E-state index in [1.54, 1.807) is 0 Å². The van der Waals surface area contributed by atoms with E-state index in [0.29, 0.717) is 5.92 Å². The van der Waals surface area contributed by atoms with Crippen LogP contribution in [0.4, 0.5) is 0 Å². The summed E-state index contributed by atoms with van der Waals surface area (Å²) in [6.45, 7) is 6.70. The average molecular weight is 200 g/mol. The Balaban J connectivity index is 2.32. The summed E-state index contributed by atoms with van der Waals surface area (Å²) in [7, 11) is 0. The first-order valence-electron chi connectivity index (χ1n) is 5.24. The van der Waals surface area contributed by atoms with Gasteiger partial charge >= 0.3 is 0 Å². The number of piperidine rings is 1. The van der Waals surface area contributed by atoms with Crippen molar-refractivity contribution in [3.63, 3.8) is 0 Å². The van der Waals surface area contributed by atoms with Crippen molar-refractivity contribution >= 4 is 5.71 Å². The third-order valence-corrected chi connectivity index (χ3v) is 2.78. The molecule has 0 aromatic rings. The minimum atomic E-state index is -0.224. The topological polar surface area (TPSA) is 56.1 Å². The van der Waals surface area contributed by atoms with Crippen LogP contribution in [0.15, 0.2) is 5.16 Å². The molecule has 1 saturated heterocycles. The van der Waals surface area contributed by atoms with Crippen molar-refractivity contribution in [2.24, 2.45) is 11.1 Å². The zero-order chi connectivity index (χ0) is 10.6. The molecule has 1 fully saturated rings. The van der Waals surface area contributed by atoms with Crippen molar-refractivity contribution in [3.05, 3.63) is 0 Å². The molecule has 2 unspecified atom stereocenters. The normalized spacial score (nSPS) is 29.4. The zero-order valence-corrected chi connectivity index (χ0v) is 8.98. The van der Waals surface area contributed by atoms with Crippen LogP contribution >= 0.6 is 0 Å². The Morgan fingerprint density at radius 1 is 1.64 bits per heavy atom. The standard InChI is InChI=1S/C10H20N2O2/c1-8-7-12(5-3-9(2)13)6-4-10(8)11-14/h8-9,13-14H,3-7H2,1-2H3. The fourth-order valence-electron chi connectivity index (χ4n) is 1.82. The molecular formula is C10H20N2O2. The van der Waals surface area contributed by atoms with Gasteiger partial charge in [0, 0.05) is 32.0 Å². The lowest BCUT2D eigenvalue weighted by atomic mass is 9.97. The highest BCUT2D eigenvalue weighted by Crippen LogP contribution is 2.14. The number of hydrogen-bond donors (Lipinski definition) is 2. The second kappa shape index (κ2) is 5.32. The van der Waals surface area contributed by atoms with Crippen molar-refractivity contribution in [2.75, 3.05) is 19.6 Å². The first kappa shape index (κ1) is 11.5. The van der Waals surface area contributed by atoms with E-state index in [1.807, 2.05) is 6.92 Å². The molecule has 1 heterocycles. The Morgan fingerprint density at radius 2 is 2.36 bits per heavy atom. The maximum Gasteiger partial charge on any atom is 0.0624 e. The van der Waals surface area contributed by atoms with E-state index in [0.717, 1.165) is 38.2 Å². The van der Waals surface area contributed by atoms with Gasteiger partial charge in [-0.2, -0.15) is 0 Å². The summed E-state index contributed by atoms with van der Waals surface area (Å²) in [4.78, 5) is 2.31. The average Bonchev–Trinajstić information content (AvgIpc) is 2.15. The molecule has 0 radical (unpaired) electrons. The van der Waals surface area contributed by atoms with Crippen molar-refractivity contribution in [1.82, 2.24) is 4.90 Å². The molecule has 4 nitrogen and oxygen atoms in total. The number of likely N-dealkylation sites (tertiary alicyclic amines) is 1. The second-order valence-electron chi connectivity index (χ2n) is 4.18. The molecule has 2 atom stereocenters. The van der Waals surface area contributed by atoms with Gasteiger partial charge in [-0.1, -0.05) is 12.1 Å². The summed E-state index contributed by atoms with van der Waals surface area (Å²) < 4.78 is 0. The Labute approximate surface area is 85.2 Å². The maximum absolute atomic E-state index is 9.16. The number of oxime groups is 1. The monoisotopic (exact) mass is 200 g/mol. The van der Waals surface area contributed by atoms with Gasteiger partial charge in [0.25, 0.3) is 0 Å². The van der Waals surface area contributed by atoms with E-state index in [1.165, 1.54) is 0 Å². The molecular weight excluding hydrogens is 180 g/mol. The number of hydrogen-bond acceptors (Lipinski definition) is 4. The van der Waals surface area contributed by atoms with Crippen molar-refractivity contribution in [1.29, 1.82) is 0 Å². The number of rotatable bonds is 3. The SMILES string of the molecule is CC(O)CCN1CCC(=NO)C(C)C1. The highest BCUT2D eigenvalue weighted by Gasteiger charge is 2.22. The van der Waals surface area contributed by atoms with Crippen LogP contribution in [0, 0.1) is 5.92 Å². The molecule has 0 saturated carbocycles. The molecule has 14 heavy (non-hydrogen) atoms. The summed E-state index contributed by atoms with van der Waals surface area (Å²) in [6, 6.07) is 0. The summed E-state index contributed by atoms with van der Waals surface area (Å²) in [5.41, 5.74) is 0.901. The van der Waals surface area contributed by atoms with E-state index in [4.69, 9.17) is 10.3 Å². The molecule has 0 bridgehead atoms. The van der Waals surface area contributed by atoms with Crippen LogP contribution in [0.3, 0.4) is 0 Å². The van der Waals surface area contributed by atoms with E-state index < -0.39 is 0 Å². The highest BCUT2D eigenvalue weighted by molar-refractivity contribution is 5.86. The van der Waals surface area contributed by atoms with Crippen molar-refractivity contribution in [3.8, 4) is 0 Å². The molecule has 82 valence electrons. The van der Waals surface area contributed by atoms with Gasteiger partial charge in [0.2, 0.25) is 0 Å². The van der Waals surface area contributed by atoms with Gasteiger partial charge in [0.1, 0.15) is 0 Å². The molecule has 0 amide bonds. The lowest BCUT2D eigenvalue weighted by Crippen LogP contribution is -2.40. The lowest BCUT2D eigenvalue weighted by Gasteiger charge is -2.31. The molecule has 0 spiro atoms. The predicted octanol–water partition coefficient (Wildman–Crippen LogP) is 0.929. The third kappa shape index (κ3) is 3.27.